The van der Waals surface area contributed by atoms with Crippen molar-refractivity contribution in [2.45, 2.75) is 20.4 Å². The number of nitrogens with two attached hydrogens (primary N) is 1. The highest BCUT2D eigenvalue weighted by Crippen LogP contribution is 2.35. The van der Waals surface area contributed by atoms with Gasteiger partial charge in [-0.05, 0) is 31.0 Å². The number of nitrogens with zero attached hydrogens (tertiary/aromatic N) is 3. The monoisotopic (exact) mass is 411 g/mol. The molecule has 0 saturated carbocycles. The van der Waals surface area contributed by atoms with Crippen LogP contribution in [0, 0.1) is 13.8 Å². The minimum absolute atomic E-state index is 0.306. The number of thiophene rings is 1. The fourth-order valence-corrected chi connectivity index (χ4v) is 4.44. The minimum Gasteiger partial charge on any atom is -0.397 e. The van der Waals surface area contributed by atoms with E-state index < -0.39 is 0 Å². The summed E-state index contributed by atoms with van der Waals surface area (Å²) < 4.78 is 1.69. The van der Waals surface area contributed by atoms with Crippen LogP contribution in [-0.2, 0) is 6.54 Å². The third-order valence-electron chi connectivity index (χ3n) is 4.37. The van der Waals surface area contributed by atoms with E-state index in [2.05, 4.69) is 15.4 Å². The van der Waals surface area contributed by atoms with Crippen LogP contribution in [0.3, 0.4) is 0 Å². The Morgan fingerprint density at radius 1 is 1.29 bits per heavy atom. The molecule has 8 heteroatoms. The number of nitrogens with one attached hydrogen (secondary N) is 1. The molecule has 3 N–H and O–H groups in total. The molecule has 0 radical (unpaired) electrons. The number of fused-ring (bicyclic) bond motifs is 1. The number of rotatable bonds is 4. The lowest BCUT2D eigenvalue weighted by Crippen LogP contribution is -2.13. The van der Waals surface area contributed by atoms with Crippen LogP contribution in [0.4, 0.5) is 11.5 Å². The second-order valence-corrected chi connectivity index (χ2v) is 7.97. The maximum atomic E-state index is 12.8. The molecule has 0 saturated heterocycles. The Morgan fingerprint density at radius 2 is 2.04 bits per heavy atom. The van der Waals surface area contributed by atoms with Crippen molar-refractivity contribution < 1.29 is 4.79 Å². The number of hydrogen-bond donors (Lipinski definition) is 2. The number of pyridine rings is 1. The van der Waals surface area contributed by atoms with E-state index in [0.717, 1.165) is 27.0 Å². The molecule has 0 aliphatic carbocycles. The molecule has 0 aliphatic rings. The van der Waals surface area contributed by atoms with Gasteiger partial charge < -0.3 is 11.1 Å². The summed E-state index contributed by atoms with van der Waals surface area (Å²) in [6, 6.07) is 11.8. The summed E-state index contributed by atoms with van der Waals surface area (Å²) in [5, 5.41) is 8.35. The van der Waals surface area contributed by atoms with Crippen molar-refractivity contribution in [2.75, 3.05) is 11.1 Å². The SMILES string of the molecule is Cc1cc(C)c2c(N)c(C(=O)Nc3nn(Cc4ccccc4)cc3Cl)sc2n1. The third kappa shape index (κ3) is 3.46. The molecule has 1 amide bonds. The summed E-state index contributed by atoms with van der Waals surface area (Å²) in [7, 11) is 0. The highest BCUT2D eigenvalue weighted by atomic mass is 35.5. The van der Waals surface area contributed by atoms with Gasteiger partial charge in [0.05, 0.1) is 12.2 Å². The van der Waals surface area contributed by atoms with Crippen molar-refractivity contribution in [1.82, 2.24) is 14.8 Å². The van der Waals surface area contributed by atoms with Gasteiger partial charge in [0.25, 0.3) is 5.91 Å². The summed E-state index contributed by atoms with van der Waals surface area (Å²) >= 11 is 7.54. The molecule has 4 aromatic rings. The Labute approximate surface area is 171 Å². The molecule has 6 nitrogen and oxygen atoms in total. The number of carbonyl (C=O) groups excluding carboxylic acids is 1. The number of anilines is 2. The molecule has 142 valence electrons. The van der Waals surface area contributed by atoms with Gasteiger partial charge in [0, 0.05) is 17.3 Å². The van der Waals surface area contributed by atoms with Crippen molar-refractivity contribution >= 4 is 50.6 Å². The summed E-state index contributed by atoms with van der Waals surface area (Å²) in [5.41, 5.74) is 9.65. The van der Waals surface area contributed by atoms with Crippen LogP contribution in [0.1, 0.15) is 26.5 Å². The maximum Gasteiger partial charge on any atom is 0.269 e. The van der Waals surface area contributed by atoms with E-state index in [9.17, 15) is 4.79 Å². The van der Waals surface area contributed by atoms with Crippen LogP contribution < -0.4 is 11.1 Å². The molecule has 3 aromatic heterocycles. The van der Waals surface area contributed by atoms with E-state index in [-0.39, 0.29) is 5.91 Å². The fourth-order valence-electron chi connectivity index (χ4n) is 3.14. The molecule has 1 aromatic carbocycles. The lowest BCUT2D eigenvalue weighted by molar-refractivity contribution is 0.103. The van der Waals surface area contributed by atoms with Gasteiger partial charge in [0.2, 0.25) is 0 Å². The Hall–Kier alpha value is -2.90. The molecule has 0 atom stereocenters. The van der Waals surface area contributed by atoms with Gasteiger partial charge in [-0.25, -0.2) is 4.98 Å². The van der Waals surface area contributed by atoms with E-state index in [1.165, 1.54) is 11.3 Å². The van der Waals surface area contributed by atoms with Gasteiger partial charge in [-0.1, -0.05) is 41.9 Å². The molecule has 0 unspecified atom stereocenters. The first-order valence-corrected chi connectivity index (χ1v) is 9.86. The standard InChI is InChI=1S/C20H18ClN5OS/c1-11-8-12(2)23-20-15(11)16(22)17(28-20)19(27)24-18-14(21)10-26(25-18)9-13-6-4-3-5-7-13/h3-8,10H,9,22H2,1-2H3,(H,24,25,27). The third-order valence-corrected chi connectivity index (χ3v) is 5.74. The number of carbonyl (C=O) groups is 1. The molecular formula is C20H18ClN5OS. The van der Waals surface area contributed by atoms with Gasteiger partial charge in [0.15, 0.2) is 5.82 Å². The van der Waals surface area contributed by atoms with Gasteiger partial charge in [-0.3, -0.25) is 9.48 Å². The van der Waals surface area contributed by atoms with Crippen molar-refractivity contribution in [3.8, 4) is 0 Å². The number of hydrogen-bond acceptors (Lipinski definition) is 5. The van der Waals surface area contributed by atoms with Gasteiger partial charge in [-0.2, -0.15) is 5.10 Å². The first-order valence-electron chi connectivity index (χ1n) is 8.67. The Balaban J connectivity index is 1.60. The largest absolute Gasteiger partial charge is 0.397 e. The normalized spacial score (nSPS) is 11.1. The maximum absolute atomic E-state index is 12.8. The number of halogens is 1. The molecule has 28 heavy (non-hydrogen) atoms. The summed E-state index contributed by atoms with van der Waals surface area (Å²) in [4.78, 5) is 18.5. The zero-order valence-electron chi connectivity index (χ0n) is 15.4. The van der Waals surface area contributed by atoms with Gasteiger partial charge in [0.1, 0.15) is 14.7 Å². The average Bonchev–Trinajstić information content (AvgIpc) is 3.15. The lowest BCUT2D eigenvalue weighted by Gasteiger charge is -2.03. The van der Waals surface area contributed by atoms with Crippen molar-refractivity contribution in [3.63, 3.8) is 0 Å². The molecule has 0 spiro atoms. The predicted molar refractivity (Wildman–Crippen MR) is 114 cm³/mol. The highest BCUT2D eigenvalue weighted by Gasteiger charge is 2.21. The minimum atomic E-state index is -0.343. The number of nitrogen functional groups attached to an aromatic ring is 1. The van der Waals surface area contributed by atoms with Gasteiger partial charge in [-0.15, -0.1) is 11.3 Å². The molecular weight excluding hydrogens is 394 g/mol. The van der Waals surface area contributed by atoms with Crippen LogP contribution in [0.25, 0.3) is 10.2 Å². The second kappa shape index (κ2) is 7.26. The Bertz CT molecular complexity index is 1180. The molecule has 0 aliphatic heterocycles. The van der Waals surface area contributed by atoms with Crippen molar-refractivity contribution in [1.29, 1.82) is 0 Å². The van der Waals surface area contributed by atoms with E-state index in [0.29, 0.717) is 27.9 Å². The van der Waals surface area contributed by atoms with Crippen molar-refractivity contribution in [3.05, 3.63) is 69.3 Å². The number of aromatic nitrogens is 3. The second-order valence-electron chi connectivity index (χ2n) is 6.57. The molecule has 0 fully saturated rings. The van der Waals surface area contributed by atoms with Gasteiger partial charge >= 0.3 is 0 Å². The van der Waals surface area contributed by atoms with Crippen LogP contribution in [0.5, 0.6) is 0 Å². The zero-order chi connectivity index (χ0) is 19.8. The summed E-state index contributed by atoms with van der Waals surface area (Å²) in [6.07, 6.45) is 1.69. The highest BCUT2D eigenvalue weighted by molar-refractivity contribution is 7.21. The van der Waals surface area contributed by atoms with Crippen LogP contribution in [0.2, 0.25) is 5.02 Å². The smallest absolute Gasteiger partial charge is 0.269 e. The fraction of sp³-hybridized carbons (Fsp3) is 0.150. The predicted octanol–water partition coefficient (Wildman–Crippen LogP) is 4.65. The average molecular weight is 412 g/mol. The summed E-state index contributed by atoms with van der Waals surface area (Å²) in [6.45, 7) is 4.44. The zero-order valence-corrected chi connectivity index (χ0v) is 16.9. The topological polar surface area (TPSA) is 85.8 Å². The van der Waals surface area contributed by atoms with Crippen LogP contribution in [-0.4, -0.2) is 20.7 Å². The Morgan fingerprint density at radius 3 is 2.79 bits per heavy atom. The number of aryl methyl sites for hydroxylation is 2. The molecule has 0 bridgehead atoms. The Kier molecular flexibility index (Phi) is 4.78. The quantitative estimate of drug-likeness (QED) is 0.512. The first-order chi connectivity index (χ1) is 13.4. The lowest BCUT2D eigenvalue weighted by atomic mass is 10.1. The first kappa shape index (κ1) is 18.5. The van der Waals surface area contributed by atoms with E-state index >= 15 is 0 Å². The molecule has 3 heterocycles. The van der Waals surface area contributed by atoms with E-state index in [1.807, 2.05) is 50.2 Å². The van der Waals surface area contributed by atoms with E-state index in [4.69, 9.17) is 17.3 Å². The van der Waals surface area contributed by atoms with Crippen LogP contribution in [0.15, 0.2) is 42.6 Å². The van der Waals surface area contributed by atoms with E-state index in [1.54, 1.807) is 10.9 Å². The van der Waals surface area contributed by atoms with Crippen LogP contribution >= 0.6 is 22.9 Å². The van der Waals surface area contributed by atoms with Crippen molar-refractivity contribution in [2.24, 2.45) is 0 Å². The number of amides is 1. The summed E-state index contributed by atoms with van der Waals surface area (Å²) in [5.74, 6) is -0.0373. The number of benzene rings is 1. The molecule has 4 rings (SSSR count).